The van der Waals surface area contributed by atoms with Gasteiger partial charge >= 0.3 is 122 Å². The molecule has 0 aromatic rings. The third-order valence-electron chi connectivity index (χ3n) is 5.02. The molecule has 0 heterocycles. The molecule has 0 aromatic carbocycles. The standard InChI is InChI=1S/2C6H15P.2CHO.Ni/c2*1-4-7(5-2)6-3;2*1-2;/h2*4-6H2,1-3H3;2*1H;/q;;;;-2/p+2. The Balaban J connectivity index is 6.25. The summed E-state index contributed by atoms with van der Waals surface area (Å²) in [6.45, 7) is 13.3. The van der Waals surface area contributed by atoms with Gasteiger partial charge in [0.25, 0.3) is 0 Å². The summed E-state index contributed by atoms with van der Waals surface area (Å²) in [7, 11) is 0. The first-order valence-electron chi connectivity index (χ1n) is 7.52. The van der Waals surface area contributed by atoms with Crippen LogP contribution in [0.3, 0.4) is 0 Å². The molecule has 0 unspecified atom stereocenters. The van der Waals surface area contributed by atoms with Crippen LogP contribution in [-0.2, 0) is 21.1 Å². The summed E-state index contributed by atoms with van der Waals surface area (Å²) >= 11 is -1.80. The van der Waals surface area contributed by atoms with E-state index in [-0.39, 0.29) is 0 Å². The van der Waals surface area contributed by atoms with Crippen LogP contribution in [0, 0.1) is 0 Å². The van der Waals surface area contributed by atoms with E-state index in [1.54, 1.807) is 0 Å². The molecule has 0 aliphatic heterocycles. The van der Waals surface area contributed by atoms with E-state index in [0.717, 1.165) is 37.0 Å². The van der Waals surface area contributed by atoms with Crippen molar-refractivity contribution in [1.29, 1.82) is 0 Å². The maximum absolute atomic E-state index is 12.2. The molecule has 122 valence electrons. The topological polar surface area (TPSA) is 34.1 Å². The van der Waals surface area contributed by atoms with Gasteiger partial charge < -0.3 is 0 Å². The Morgan fingerprint density at radius 1 is 0.632 bits per heavy atom. The number of rotatable bonds is 10. The van der Waals surface area contributed by atoms with Crippen molar-refractivity contribution in [1.82, 2.24) is 0 Å². The Morgan fingerprint density at radius 2 is 0.842 bits per heavy atom. The second kappa shape index (κ2) is 8.21. The van der Waals surface area contributed by atoms with Gasteiger partial charge in [-0.25, -0.2) is 0 Å². The van der Waals surface area contributed by atoms with E-state index in [9.17, 15) is 9.59 Å². The van der Waals surface area contributed by atoms with Crippen LogP contribution in [0.15, 0.2) is 0 Å². The van der Waals surface area contributed by atoms with Gasteiger partial charge in [-0.05, 0) is 0 Å². The summed E-state index contributed by atoms with van der Waals surface area (Å²) < 4.78 is 0. The van der Waals surface area contributed by atoms with E-state index in [4.69, 9.17) is 0 Å². The molecule has 0 saturated heterocycles. The van der Waals surface area contributed by atoms with Crippen LogP contribution < -0.4 is 0 Å². The first-order chi connectivity index (χ1) is 8.99. The molecule has 19 heavy (non-hydrogen) atoms. The summed E-state index contributed by atoms with van der Waals surface area (Å²) in [5, 5.41) is 2.39. The van der Waals surface area contributed by atoms with Gasteiger partial charge in [0, 0.05) is 0 Å². The van der Waals surface area contributed by atoms with E-state index in [1.807, 2.05) is 0 Å². The molecule has 0 saturated carbocycles. The van der Waals surface area contributed by atoms with Crippen molar-refractivity contribution in [2.45, 2.75) is 41.5 Å². The van der Waals surface area contributed by atoms with Crippen molar-refractivity contribution in [3.05, 3.63) is 0 Å². The van der Waals surface area contributed by atoms with Gasteiger partial charge in [-0.1, -0.05) is 0 Å². The molecule has 0 radical (unpaired) electrons. The van der Waals surface area contributed by atoms with Crippen LogP contribution in [0.1, 0.15) is 41.5 Å². The zero-order chi connectivity index (χ0) is 15.2. The average Bonchev–Trinajstić information content (AvgIpc) is 2.49. The predicted molar refractivity (Wildman–Crippen MR) is 93.4 cm³/mol. The van der Waals surface area contributed by atoms with Crippen LogP contribution in [-0.4, -0.2) is 47.5 Å². The fraction of sp³-hybridized carbons (Fsp3) is 0.857. The number of hydrogen-bond donors (Lipinski definition) is 0. The van der Waals surface area contributed by atoms with Crippen LogP contribution in [0.2, 0.25) is 0 Å². The van der Waals surface area contributed by atoms with Gasteiger partial charge in [-0.15, -0.1) is 0 Å². The van der Waals surface area contributed by atoms with Crippen molar-refractivity contribution in [2.24, 2.45) is 0 Å². The molecule has 0 aliphatic carbocycles. The van der Waals surface area contributed by atoms with Crippen LogP contribution in [0.5, 0.6) is 0 Å². The van der Waals surface area contributed by atoms with Gasteiger partial charge in [0.05, 0.1) is 0 Å². The number of carbonyl (C=O) groups is 2. The van der Waals surface area contributed by atoms with Crippen molar-refractivity contribution >= 4 is 22.6 Å². The third-order valence-corrected chi connectivity index (χ3v) is 41.5. The molecule has 0 spiro atoms. The van der Waals surface area contributed by atoms with Crippen molar-refractivity contribution in [3.63, 3.8) is 0 Å². The van der Waals surface area contributed by atoms with Gasteiger partial charge in [-0.2, -0.15) is 0 Å². The van der Waals surface area contributed by atoms with Crippen molar-refractivity contribution in [3.8, 4) is 0 Å². The molecule has 0 bridgehead atoms. The predicted octanol–water partition coefficient (Wildman–Crippen LogP) is 3.97. The molecular weight excluding hydrogens is 321 g/mol. The fourth-order valence-electron chi connectivity index (χ4n) is 3.30. The van der Waals surface area contributed by atoms with E-state index in [1.165, 1.54) is 10.5 Å². The molecule has 0 amide bonds. The second-order valence-corrected chi connectivity index (χ2v) is 27.7. The molecule has 0 atom stereocenters. The Bertz CT molecular complexity index is 253. The summed E-state index contributed by atoms with van der Waals surface area (Å²) in [5.41, 5.74) is 0. The molecule has 0 aliphatic rings. The molecule has 0 rings (SSSR count). The molecule has 5 heteroatoms. The quantitative estimate of drug-likeness (QED) is 0.338. The summed E-state index contributed by atoms with van der Waals surface area (Å²) in [6.07, 6.45) is 6.54. The average molecular weight is 355 g/mol. The molecule has 0 N–H and O–H groups in total. The summed E-state index contributed by atoms with van der Waals surface area (Å²) in [6, 6.07) is -3.55. The first kappa shape index (κ1) is 19.7. The van der Waals surface area contributed by atoms with E-state index in [2.05, 4.69) is 41.5 Å². The van der Waals surface area contributed by atoms with Crippen LogP contribution >= 0.6 is 12.1 Å². The van der Waals surface area contributed by atoms with Gasteiger partial charge in [-0.3, -0.25) is 0 Å². The van der Waals surface area contributed by atoms with Gasteiger partial charge in [0.15, 0.2) is 0 Å². The van der Waals surface area contributed by atoms with Crippen molar-refractivity contribution in [2.75, 3.05) is 37.0 Å². The zero-order valence-electron chi connectivity index (χ0n) is 13.5. The molecule has 0 fully saturated rings. The minimum atomic E-state index is -1.80. The van der Waals surface area contributed by atoms with E-state index < -0.39 is 23.6 Å². The molecule has 2 nitrogen and oxygen atoms in total. The monoisotopic (exact) mass is 354 g/mol. The Kier molecular flexibility index (Phi) is 8.51. The first-order valence-corrected chi connectivity index (χ1v) is 16.5. The fourth-order valence-corrected chi connectivity index (χ4v) is 43.7. The third kappa shape index (κ3) is 2.86. The van der Waals surface area contributed by atoms with E-state index in [0.29, 0.717) is 0 Å². The van der Waals surface area contributed by atoms with Gasteiger partial charge in [0.2, 0.25) is 0 Å². The number of hydrogen-bond acceptors (Lipinski definition) is 2. The van der Waals surface area contributed by atoms with Gasteiger partial charge in [0.1, 0.15) is 0 Å². The minimum absolute atomic E-state index is 1.09. The Morgan fingerprint density at radius 3 is 0.947 bits per heavy atom. The Labute approximate surface area is 122 Å². The SMILES string of the molecule is CC[PH](CC)(CC)[Ni]([CH]=O)([CH]=O)[PH](CC)(CC)CC. The van der Waals surface area contributed by atoms with Crippen LogP contribution in [0.25, 0.3) is 0 Å². The maximum atomic E-state index is 12.2. The second-order valence-electron chi connectivity index (χ2n) is 4.99. The summed E-state index contributed by atoms with van der Waals surface area (Å²) in [4.78, 5) is 24.4. The Hall–Kier alpha value is 0.694. The normalized spacial score (nSPS) is 15.9. The van der Waals surface area contributed by atoms with E-state index >= 15 is 0 Å². The van der Waals surface area contributed by atoms with Crippen LogP contribution in [0.4, 0.5) is 0 Å². The number of carbonyl (C=O) groups excluding carboxylic acids is 2. The van der Waals surface area contributed by atoms with Crippen molar-refractivity contribution < 1.29 is 21.1 Å². The summed E-state index contributed by atoms with van der Waals surface area (Å²) in [5.74, 6) is 0. The zero-order valence-corrected chi connectivity index (χ0v) is 16.5. The molecule has 0 aromatic heterocycles. The molecular formula is C14H34NiO2P2.